The van der Waals surface area contributed by atoms with E-state index in [2.05, 4.69) is 49.4 Å². The zero-order chi connectivity index (χ0) is 22.0. The fourth-order valence-electron chi connectivity index (χ4n) is 4.32. The van der Waals surface area contributed by atoms with Gasteiger partial charge >= 0.3 is 0 Å². The minimum absolute atomic E-state index is 0.0227. The van der Waals surface area contributed by atoms with Crippen molar-refractivity contribution in [2.45, 2.75) is 64.6 Å². The lowest BCUT2D eigenvalue weighted by molar-refractivity contribution is 0.0227. The van der Waals surface area contributed by atoms with Crippen LogP contribution in [0.2, 0.25) is 0 Å². The van der Waals surface area contributed by atoms with E-state index in [1.54, 1.807) is 0 Å². The lowest BCUT2D eigenvalue weighted by atomic mass is 10.1. The van der Waals surface area contributed by atoms with Gasteiger partial charge in [0.05, 0.1) is 18.8 Å². The predicted molar refractivity (Wildman–Crippen MR) is 122 cm³/mol. The Bertz CT molecular complexity index is 877. The van der Waals surface area contributed by atoms with Crippen molar-refractivity contribution in [3.05, 3.63) is 53.3 Å². The third-order valence-electron chi connectivity index (χ3n) is 6.20. The number of carbonyl (C=O) groups is 1. The maximum absolute atomic E-state index is 13.8. The van der Waals surface area contributed by atoms with Gasteiger partial charge in [-0.15, -0.1) is 0 Å². The summed E-state index contributed by atoms with van der Waals surface area (Å²) in [6, 6.07) is 12.4. The standard InChI is InChI=1S/C25H36N4O2/c1-19(17-27-12-14-31-15-13-27)28(18-20-8-6-5-7-9-20)24(30)22-16-23(21-10-11-21)29(26-22)25(2,3)4/h5-9,16,19,21H,10-15,17-18H2,1-4H3. The normalized spacial score (nSPS) is 18.7. The van der Waals surface area contributed by atoms with E-state index in [0.717, 1.165) is 38.4 Å². The highest BCUT2D eigenvalue weighted by Gasteiger charge is 2.34. The van der Waals surface area contributed by atoms with Crippen LogP contribution in [0.4, 0.5) is 0 Å². The summed E-state index contributed by atoms with van der Waals surface area (Å²) in [6.07, 6.45) is 2.38. The van der Waals surface area contributed by atoms with E-state index >= 15 is 0 Å². The molecule has 1 unspecified atom stereocenters. The van der Waals surface area contributed by atoms with Crippen LogP contribution in [-0.2, 0) is 16.8 Å². The number of benzene rings is 1. The molecule has 0 bridgehead atoms. The molecule has 1 saturated carbocycles. The molecule has 1 aromatic heterocycles. The second-order valence-corrected chi connectivity index (χ2v) is 9.99. The Labute approximate surface area is 186 Å². The Morgan fingerprint density at radius 3 is 2.48 bits per heavy atom. The van der Waals surface area contributed by atoms with Crippen LogP contribution in [0.15, 0.2) is 36.4 Å². The van der Waals surface area contributed by atoms with Gasteiger partial charge < -0.3 is 9.64 Å². The van der Waals surface area contributed by atoms with Gasteiger partial charge in [-0.05, 0) is 52.2 Å². The Hall–Kier alpha value is -2.18. The maximum Gasteiger partial charge on any atom is 0.274 e. The molecule has 2 aromatic rings. The molecule has 0 N–H and O–H groups in total. The molecule has 1 aromatic carbocycles. The van der Waals surface area contributed by atoms with Crippen molar-refractivity contribution in [2.24, 2.45) is 0 Å². The number of rotatable bonds is 7. The number of ether oxygens (including phenoxy) is 1. The van der Waals surface area contributed by atoms with E-state index in [4.69, 9.17) is 9.84 Å². The summed E-state index contributed by atoms with van der Waals surface area (Å²) in [5.74, 6) is 0.566. The van der Waals surface area contributed by atoms with E-state index in [1.165, 1.54) is 18.5 Å². The van der Waals surface area contributed by atoms with E-state index < -0.39 is 0 Å². The Balaban J connectivity index is 1.60. The van der Waals surface area contributed by atoms with Crippen LogP contribution in [0.5, 0.6) is 0 Å². The van der Waals surface area contributed by atoms with E-state index in [9.17, 15) is 4.79 Å². The number of hydrogen-bond acceptors (Lipinski definition) is 4. The summed E-state index contributed by atoms with van der Waals surface area (Å²) in [5.41, 5.74) is 2.78. The molecule has 1 amide bonds. The summed E-state index contributed by atoms with van der Waals surface area (Å²) in [7, 11) is 0. The zero-order valence-corrected chi connectivity index (χ0v) is 19.4. The molecule has 0 spiro atoms. The molecule has 1 aliphatic heterocycles. The zero-order valence-electron chi connectivity index (χ0n) is 19.4. The van der Waals surface area contributed by atoms with E-state index in [0.29, 0.717) is 18.2 Å². The summed E-state index contributed by atoms with van der Waals surface area (Å²) in [5, 5.41) is 4.83. The quantitative estimate of drug-likeness (QED) is 0.677. The molecular formula is C25H36N4O2. The van der Waals surface area contributed by atoms with Crippen LogP contribution >= 0.6 is 0 Å². The largest absolute Gasteiger partial charge is 0.379 e. The number of hydrogen-bond donors (Lipinski definition) is 0. The molecule has 1 saturated heterocycles. The molecule has 1 aliphatic carbocycles. The van der Waals surface area contributed by atoms with Gasteiger partial charge in [0.2, 0.25) is 0 Å². The number of carbonyl (C=O) groups excluding carboxylic acids is 1. The van der Waals surface area contributed by atoms with Crippen molar-refractivity contribution in [3.63, 3.8) is 0 Å². The molecule has 2 fully saturated rings. The van der Waals surface area contributed by atoms with Gasteiger partial charge in [0, 0.05) is 43.8 Å². The fraction of sp³-hybridized carbons (Fsp3) is 0.600. The second-order valence-electron chi connectivity index (χ2n) is 9.99. The van der Waals surface area contributed by atoms with Crippen LogP contribution in [0, 0.1) is 0 Å². The molecular weight excluding hydrogens is 388 g/mol. The average Bonchev–Trinajstić information content (AvgIpc) is 3.49. The maximum atomic E-state index is 13.8. The molecule has 2 heterocycles. The van der Waals surface area contributed by atoms with Crippen LogP contribution in [-0.4, -0.2) is 64.4 Å². The molecule has 0 radical (unpaired) electrons. The van der Waals surface area contributed by atoms with Crippen LogP contribution in [0.1, 0.15) is 68.2 Å². The lowest BCUT2D eigenvalue weighted by Crippen LogP contribution is -2.48. The lowest BCUT2D eigenvalue weighted by Gasteiger charge is -2.35. The van der Waals surface area contributed by atoms with Crippen LogP contribution < -0.4 is 0 Å². The summed E-state index contributed by atoms with van der Waals surface area (Å²) in [6.45, 7) is 13.4. The van der Waals surface area contributed by atoms with Crippen LogP contribution in [0.25, 0.3) is 0 Å². The van der Waals surface area contributed by atoms with Crippen molar-refractivity contribution in [1.29, 1.82) is 0 Å². The molecule has 4 rings (SSSR count). The number of aromatic nitrogens is 2. The Morgan fingerprint density at radius 2 is 1.87 bits per heavy atom. The van der Waals surface area contributed by atoms with Gasteiger partial charge in [-0.3, -0.25) is 14.4 Å². The first-order chi connectivity index (χ1) is 14.8. The number of nitrogens with zero attached hydrogens (tertiary/aromatic N) is 4. The van der Waals surface area contributed by atoms with Crippen LogP contribution in [0.3, 0.4) is 0 Å². The third-order valence-corrected chi connectivity index (χ3v) is 6.20. The number of morpholine rings is 1. The molecule has 1 atom stereocenters. The Kier molecular flexibility index (Phi) is 6.49. The van der Waals surface area contributed by atoms with Gasteiger partial charge in [0.25, 0.3) is 5.91 Å². The average molecular weight is 425 g/mol. The number of amides is 1. The molecule has 31 heavy (non-hydrogen) atoms. The molecule has 2 aliphatic rings. The highest BCUT2D eigenvalue weighted by atomic mass is 16.5. The monoisotopic (exact) mass is 424 g/mol. The highest BCUT2D eigenvalue weighted by molar-refractivity contribution is 5.92. The SMILES string of the molecule is CC(CN1CCOCC1)N(Cc1ccccc1)C(=O)c1cc(C2CC2)n(C(C)(C)C)n1. The van der Waals surface area contributed by atoms with Gasteiger partial charge in [-0.1, -0.05) is 30.3 Å². The van der Waals surface area contributed by atoms with Crippen molar-refractivity contribution < 1.29 is 9.53 Å². The van der Waals surface area contributed by atoms with Gasteiger partial charge in [-0.25, -0.2) is 0 Å². The minimum atomic E-state index is -0.139. The summed E-state index contributed by atoms with van der Waals surface area (Å²) in [4.78, 5) is 18.2. The second kappa shape index (κ2) is 9.13. The fourth-order valence-corrected chi connectivity index (χ4v) is 4.32. The first-order valence-corrected chi connectivity index (χ1v) is 11.6. The predicted octanol–water partition coefficient (Wildman–Crippen LogP) is 3.88. The van der Waals surface area contributed by atoms with Gasteiger partial charge in [0.1, 0.15) is 0 Å². The van der Waals surface area contributed by atoms with Crippen molar-refractivity contribution in [2.75, 3.05) is 32.8 Å². The summed E-state index contributed by atoms with van der Waals surface area (Å²) >= 11 is 0. The molecule has 168 valence electrons. The van der Waals surface area contributed by atoms with E-state index in [-0.39, 0.29) is 17.5 Å². The minimum Gasteiger partial charge on any atom is -0.379 e. The van der Waals surface area contributed by atoms with Gasteiger partial charge in [-0.2, -0.15) is 5.10 Å². The highest BCUT2D eigenvalue weighted by Crippen LogP contribution is 2.41. The Morgan fingerprint density at radius 1 is 1.19 bits per heavy atom. The van der Waals surface area contributed by atoms with Gasteiger partial charge in [0.15, 0.2) is 5.69 Å². The topological polar surface area (TPSA) is 50.6 Å². The van der Waals surface area contributed by atoms with Crippen molar-refractivity contribution in [3.8, 4) is 0 Å². The molecule has 6 heteroatoms. The first-order valence-electron chi connectivity index (χ1n) is 11.6. The molecule has 6 nitrogen and oxygen atoms in total. The first kappa shape index (κ1) is 22.0. The van der Waals surface area contributed by atoms with Crippen molar-refractivity contribution >= 4 is 5.91 Å². The smallest absolute Gasteiger partial charge is 0.274 e. The third kappa shape index (κ3) is 5.36. The van der Waals surface area contributed by atoms with E-state index in [1.807, 2.05) is 29.2 Å². The van der Waals surface area contributed by atoms with Crippen molar-refractivity contribution in [1.82, 2.24) is 19.6 Å². The summed E-state index contributed by atoms with van der Waals surface area (Å²) < 4.78 is 7.57.